The highest BCUT2D eigenvalue weighted by Gasteiger charge is 2.14. The Morgan fingerprint density at radius 1 is 1.04 bits per heavy atom. The minimum atomic E-state index is -0.735. The zero-order valence-electron chi connectivity index (χ0n) is 13.0. The number of esters is 2. The number of para-hydroxylation sites is 1. The topological polar surface area (TPSA) is 76.4 Å². The number of carbonyl (C=O) groups is 2. The van der Waals surface area contributed by atoms with E-state index in [1.807, 2.05) is 6.07 Å². The molecular formula is C18H13ClFNO4. The molecule has 0 aliphatic heterocycles. The van der Waals surface area contributed by atoms with Gasteiger partial charge in [0.05, 0.1) is 16.7 Å². The van der Waals surface area contributed by atoms with E-state index in [1.54, 1.807) is 0 Å². The van der Waals surface area contributed by atoms with Crippen molar-refractivity contribution in [3.63, 3.8) is 0 Å². The van der Waals surface area contributed by atoms with Crippen LogP contribution in [0.3, 0.4) is 0 Å². The Morgan fingerprint density at radius 2 is 1.68 bits per heavy atom. The molecule has 5 nitrogen and oxygen atoms in total. The van der Waals surface area contributed by atoms with E-state index in [1.165, 1.54) is 36.4 Å². The van der Waals surface area contributed by atoms with Crippen molar-refractivity contribution in [1.29, 1.82) is 5.26 Å². The van der Waals surface area contributed by atoms with Gasteiger partial charge in [-0.2, -0.15) is 5.26 Å². The fourth-order valence-electron chi connectivity index (χ4n) is 1.90. The van der Waals surface area contributed by atoms with Crippen molar-refractivity contribution in [1.82, 2.24) is 0 Å². The summed E-state index contributed by atoms with van der Waals surface area (Å²) in [6, 6.07) is 11.9. The summed E-state index contributed by atoms with van der Waals surface area (Å²) < 4.78 is 23.4. The molecule has 0 bridgehead atoms. The molecule has 128 valence electrons. The minimum Gasteiger partial charge on any atom is -0.427 e. The Morgan fingerprint density at radius 3 is 2.28 bits per heavy atom. The van der Waals surface area contributed by atoms with Crippen LogP contribution >= 0.6 is 11.6 Å². The average molecular weight is 362 g/mol. The zero-order valence-corrected chi connectivity index (χ0v) is 13.8. The van der Waals surface area contributed by atoms with E-state index in [9.17, 15) is 14.0 Å². The van der Waals surface area contributed by atoms with E-state index in [0.29, 0.717) is 11.3 Å². The van der Waals surface area contributed by atoms with Gasteiger partial charge in [-0.05, 0) is 42.8 Å². The second kappa shape index (κ2) is 8.81. The molecule has 0 N–H and O–H groups in total. The van der Waals surface area contributed by atoms with Gasteiger partial charge in [-0.25, -0.2) is 4.39 Å². The van der Waals surface area contributed by atoms with Crippen LogP contribution < -0.4 is 9.47 Å². The van der Waals surface area contributed by atoms with E-state index in [4.69, 9.17) is 26.3 Å². The molecule has 0 spiro atoms. The second-order valence-corrected chi connectivity index (χ2v) is 5.40. The molecule has 0 saturated heterocycles. The summed E-state index contributed by atoms with van der Waals surface area (Å²) in [5.41, 5.74) is 0.453. The lowest BCUT2D eigenvalue weighted by Gasteiger charge is -2.07. The summed E-state index contributed by atoms with van der Waals surface area (Å²) in [4.78, 5) is 23.4. The van der Waals surface area contributed by atoms with Gasteiger partial charge in [-0.3, -0.25) is 9.59 Å². The number of benzene rings is 2. The van der Waals surface area contributed by atoms with Crippen molar-refractivity contribution >= 4 is 23.5 Å². The molecule has 7 heteroatoms. The van der Waals surface area contributed by atoms with Crippen LogP contribution in [0.25, 0.3) is 0 Å². The molecule has 2 rings (SSSR count). The van der Waals surface area contributed by atoms with E-state index >= 15 is 0 Å². The molecule has 2 aromatic carbocycles. The van der Waals surface area contributed by atoms with Crippen LogP contribution in [0.2, 0.25) is 5.02 Å². The number of carbonyl (C=O) groups excluding carboxylic acids is 2. The van der Waals surface area contributed by atoms with Crippen molar-refractivity contribution in [3.8, 4) is 17.6 Å². The molecular weight excluding hydrogens is 349 g/mol. The van der Waals surface area contributed by atoms with Crippen LogP contribution in [0.4, 0.5) is 4.39 Å². The van der Waals surface area contributed by atoms with E-state index in [2.05, 4.69) is 0 Å². The predicted molar refractivity (Wildman–Crippen MR) is 87.7 cm³/mol. The highest BCUT2D eigenvalue weighted by Crippen LogP contribution is 2.27. The first-order valence-electron chi connectivity index (χ1n) is 7.35. The van der Waals surface area contributed by atoms with Crippen molar-refractivity contribution < 1.29 is 23.5 Å². The van der Waals surface area contributed by atoms with Gasteiger partial charge in [-0.15, -0.1) is 0 Å². The Labute approximate surface area is 148 Å². The monoisotopic (exact) mass is 361 g/mol. The standard InChI is InChI=1S/C18H13ClFNO4/c19-14-3-1-4-15(20)18(14)25-17(23)6-2-5-16(22)24-13-9-7-12(11-21)8-10-13/h1,3-4,7-10H,2,5-6H2. The van der Waals surface area contributed by atoms with Gasteiger partial charge in [0, 0.05) is 12.8 Å². The van der Waals surface area contributed by atoms with Gasteiger partial charge in [0.15, 0.2) is 11.6 Å². The second-order valence-electron chi connectivity index (χ2n) is 4.99. The van der Waals surface area contributed by atoms with Crippen molar-refractivity contribution in [2.24, 2.45) is 0 Å². The molecule has 0 aliphatic carbocycles. The number of hydrogen-bond acceptors (Lipinski definition) is 5. The van der Waals surface area contributed by atoms with Gasteiger partial charge in [-0.1, -0.05) is 17.7 Å². The predicted octanol–water partition coefficient (Wildman–Crippen LogP) is 4.03. The smallest absolute Gasteiger partial charge is 0.311 e. The van der Waals surface area contributed by atoms with Crippen LogP contribution in [0.5, 0.6) is 11.5 Å². The lowest BCUT2D eigenvalue weighted by Crippen LogP contribution is -2.12. The first-order chi connectivity index (χ1) is 12.0. The average Bonchev–Trinajstić information content (AvgIpc) is 2.59. The van der Waals surface area contributed by atoms with Gasteiger partial charge in [0.1, 0.15) is 5.75 Å². The van der Waals surface area contributed by atoms with Gasteiger partial charge in [0.2, 0.25) is 0 Å². The Bertz CT molecular complexity index is 795. The highest BCUT2D eigenvalue weighted by atomic mass is 35.5. The fraction of sp³-hybridized carbons (Fsp3) is 0.167. The Kier molecular flexibility index (Phi) is 6.49. The number of nitrogens with zero attached hydrogens (tertiary/aromatic N) is 1. The van der Waals surface area contributed by atoms with Crippen LogP contribution in [0.15, 0.2) is 42.5 Å². The van der Waals surface area contributed by atoms with E-state index in [0.717, 1.165) is 6.07 Å². The molecule has 0 unspecified atom stereocenters. The third-order valence-corrected chi connectivity index (χ3v) is 3.41. The molecule has 0 fully saturated rings. The summed E-state index contributed by atoms with van der Waals surface area (Å²) in [5.74, 6) is -1.97. The minimum absolute atomic E-state index is 0.00595. The van der Waals surface area contributed by atoms with Gasteiger partial charge in [0.25, 0.3) is 0 Å². The molecule has 0 radical (unpaired) electrons. The zero-order chi connectivity index (χ0) is 18.2. The van der Waals surface area contributed by atoms with Crippen LogP contribution in [-0.4, -0.2) is 11.9 Å². The quantitative estimate of drug-likeness (QED) is 0.573. The third-order valence-electron chi connectivity index (χ3n) is 3.11. The SMILES string of the molecule is N#Cc1ccc(OC(=O)CCCC(=O)Oc2c(F)cccc2Cl)cc1. The normalized spacial score (nSPS) is 9.96. The first kappa shape index (κ1) is 18.4. The molecule has 0 saturated carbocycles. The summed E-state index contributed by atoms with van der Waals surface area (Å²) in [6.45, 7) is 0. The van der Waals surface area contributed by atoms with Crippen LogP contribution in [-0.2, 0) is 9.59 Å². The molecule has 0 heterocycles. The lowest BCUT2D eigenvalue weighted by atomic mass is 10.2. The van der Waals surface area contributed by atoms with Crippen molar-refractivity contribution in [2.75, 3.05) is 0 Å². The number of halogens is 2. The fourth-order valence-corrected chi connectivity index (χ4v) is 2.10. The molecule has 25 heavy (non-hydrogen) atoms. The summed E-state index contributed by atoms with van der Waals surface area (Å²) in [6.07, 6.45) is 0.0766. The maximum absolute atomic E-state index is 13.5. The van der Waals surface area contributed by atoms with E-state index in [-0.39, 0.29) is 30.0 Å². The lowest BCUT2D eigenvalue weighted by molar-refractivity contribution is -0.136. The number of ether oxygens (including phenoxy) is 2. The summed E-state index contributed by atoms with van der Waals surface area (Å²) in [5, 5.41) is 8.68. The van der Waals surface area contributed by atoms with Crippen LogP contribution in [0.1, 0.15) is 24.8 Å². The summed E-state index contributed by atoms with van der Waals surface area (Å²) in [7, 11) is 0. The molecule has 2 aromatic rings. The van der Waals surface area contributed by atoms with E-state index < -0.39 is 17.8 Å². The molecule has 0 atom stereocenters. The van der Waals surface area contributed by atoms with Crippen molar-refractivity contribution in [3.05, 3.63) is 58.9 Å². The maximum atomic E-state index is 13.5. The first-order valence-corrected chi connectivity index (χ1v) is 7.73. The van der Waals surface area contributed by atoms with Crippen LogP contribution in [0, 0.1) is 17.1 Å². The molecule has 0 aliphatic rings. The maximum Gasteiger partial charge on any atom is 0.311 e. The highest BCUT2D eigenvalue weighted by molar-refractivity contribution is 6.32. The molecule has 0 aromatic heterocycles. The number of hydrogen-bond donors (Lipinski definition) is 0. The number of rotatable bonds is 6. The van der Waals surface area contributed by atoms with Gasteiger partial charge >= 0.3 is 11.9 Å². The Hall–Kier alpha value is -2.91. The third kappa shape index (κ3) is 5.59. The molecule has 0 amide bonds. The Balaban J connectivity index is 1.77. The summed E-state index contributed by atoms with van der Waals surface area (Å²) >= 11 is 5.76. The van der Waals surface area contributed by atoms with Gasteiger partial charge < -0.3 is 9.47 Å². The largest absolute Gasteiger partial charge is 0.427 e. The van der Waals surface area contributed by atoms with Crippen molar-refractivity contribution in [2.45, 2.75) is 19.3 Å². The number of nitriles is 1.